The van der Waals surface area contributed by atoms with Gasteiger partial charge in [-0.25, -0.2) is 4.79 Å². The number of likely N-dealkylation sites (tertiary alicyclic amines) is 1. The third kappa shape index (κ3) is 2.79. The number of aliphatic carboxylic acids is 1. The van der Waals surface area contributed by atoms with Crippen LogP contribution < -0.4 is 0 Å². The van der Waals surface area contributed by atoms with Crippen LogP contribution in [0, 0.1) is 11.3 Å². The first kappa shape index (κ1) is 14.0. The highest BCUT2D eigenvalue weighted by Crippen LogP contribution is 2.36. The second-order valence-electron chi connectivity index (χ2n) is 5.67. The molecule has 1 aliphatic rings. The molecule has 0 radical (unpaired) electrons. The van der Waals surface area contributed by atoms with E-state index in [1.807, 2.05) is 27.7 Å². The van der Waals surface area contributed by atoms with Crippen molar-refractivity contribution in [3.05, 3.63) is 0 Å². The van der Waals surface area contributed by atoms with Crippen molar-refractivity contribution < 1.29 is 14.7 Å². The van der Waals surface area contributed by atoms with E-state index in [0.29, 0.717) is 6.54 Å². The van der Waals surface area contributed by atoms with Gasteiger partial charge in [0.15, 0.2) is 0 Å². The Balaban J connectivity index is 2.96. The minimum atomic E-state index is -0.883. The molecule has 1 aliphatic heterocycles. The number of carboxylic acids is 1. The molecule has 0 saturated carbocycles. The molecule has 0 aliphatic carbocycles. The Morgan fingerprint density at radius 1 is 1.47 bits per heavy atom. The molecule has 0 spiro atoms. The number of hydrogen-bond acceptors (Lipinski definition) is 2. The lowest BCUT2D eigenvalue weighted by atomic mass is 9.76. The van der Waals surface area contributed by atoms with E-state index in [1.54, 1.807) is 4.90 Å². The normalized spacial score (nSPS) is 25.4. The fraction of sp³-hybridized carbons (Fsp3) is 0.846. The second-order valence-corrected chi connectivity index (χ2v) is 5.67. The first-order chi connectivity index (χ1) is 7.81. The van der Waals surface area contributed by atoms with Crippen molar-refractivity contribution in [1.29, 1.82) is 0 Å². The van der Waals surface area contributed by atoms with Crippen molar-refractivity contribution in [1.82, 2.24) is 4.90 Å². The van der Waals surface area contributed by atoms with Crippen LogP contribution in [0.5, 0.6) is 0 Å². The molecule has 1 rings (SSSR count). The van der Waals surface area contributed by atoms with Crippen molar-refractivity contribution >= 4 is 11.9 Å². The number of carbonyl (C=O) groups excluding carboxylic acids is 1. The van der Waals surface area contributed by atoms with Gasteiger partial charge in [-0.15, -0.1) is 0 Å². The number of hydrogen-bond donors (Lipinski definition) is 1. The topological polar surface area (TPSA) is 57.6 Å². The number of piperidine rings is 1. The summed E-state index contributed by atoms with van der Waals surface area (Å²) < 4.78 is 0. The summed E-state index contributed by atoms with van der Waals surface area (Å²) in [6, 6.07) is -0.683. The quantitative estimate of drug-likeness (QED) is 0.823. The molecule has 0 aromatic rings. The maximum atomic E-state index is 12.2. The Hall–Kier alpha value is -1.06. The van der Waals surface area contributed by atoms with Crippen LogP contribution in [0.1, 0.15) is 47.0 Å². The van der Waals surface area contributed by atoms with Crippen molar-refractivity contribution in [3.63, 3.8) is 0 Å². The average molecular weight is 241 g/mol. The molecule has 2 atom stereocenters. The molecular weight excluding hydrogens is 218 g/mol. The van der Waals surface area contributed by atoms with Crippen molar-refractivity contribution in [2.45, 2.75) is 53.0 Å². The van der Waals surface area contributed by atoms with Gasteiger partial charge in [-0.3, -0.25) is 4.79 Å². The smallest absolute Gasteiger partial charge is 0.326 e. The van der Waals surface area contributed by atoms with Crippen LogP contribution in [0.25, 0.3) is 0 Å². The summed E-state index contributed by atoms with van der Waals surface area (Å²) in [4.78, 5) is 25.2. The number of nitrogens with zero attached hydrogens (tertiary/aromatic N) is 1. The first-order valence-electron chi connectivity index (χ1n) is 6.34. The highest BCUT2D eigenvalue weighted by atomic mass is 16.4. The molecule has 0 aromatic carbocycles. The molecule has 98 valence electrons. The van der Waals surface area contributed by atoms with Gasteiger partial charge in [0.2, 0.25) is 5.91 Å². The summed E-state index contributed by atoms with van der Waals surface area (Å²) in [6.45, 7) is 8.25. The summed E-state index contributed by atoms with van der Waals surface area (Å²) in [6.07, 6.45) is 2.50. The van der Waals surface area contributed by atoms with Crippen molar-refractivity contribution in [3.8, 4) is 0 Å². The highest BCUT2D eigenvalue weighted by molar-refractivity contribution is 5.85. The molecule has 4 nitrogen and oxygen atoms in total. The van der Waals surface area contributed by atoms with Gasteiger partial charge in [0.1, 0.15) is 6.04 Å². The van der Waals surface area contributed by atoms with Gasteiger partial charge in [-0.05, 0) is 24.7 Å². The molecule has 2 unspecified atom stereocenters. The Labute approximate surface area is 103 Å². The minimum Gasteiger partial charge on any atom is -0.480 e. The van der Waals surface area contributed by atoms with Crippen LogP contribution in [0.4, 0.5) is 0 Å². The second kappa shape index (κ2) is 5.07. The lowest BCUT2D eigenvalue weighted by Crippen LogP contribution is -2.57. The summed E-state index contributed by atoms with van der Waals surface area (Å²) in [7, 11) is 0. The molecule has 1 N–H and O–H groups in total. The molecule has 0 bridgehead atoms. The molecule has 1 heterocycles. The van der Waals surface area contributed by atoms with Gasteiger partial charge in [0, 0.05) is 12.5 Å². The number of carbonyl (C=O) groups is 2. The van der Waals surface area contributed by atoms with Gasteiger partial charge in [-0.1, -0.05) is 27.7 Å². The largest absolute Gasteiger partial charge is 0.480 e. The summed E-state index contributed by atoms with van der Waals surface area (Å²) >= 11 is 0. The Bertz CT molecular complexity index is 312. The average Bonchev–Trinajstić information content (AvgIpc) is 2.24. The van der Waals surface area contributed by atoms with E-state index < -0.39 is 12.0 Å². The first-order valence-corrected chi connectivity index (χ1v) is 6.34. The van der Waals surface area contributed by atoms with E-state index in [0.717, 1.165) is 19.3 Å². The van der Waals surface area contributed by atoms with Gasteiger partial charge in [0.25, 0.3) is 0 Å². The summed E-state index contributed by atoms with van der Waals surface area (Å²) in [5, 5.41) is 9.35. The lowest BCUT2D eigenvalue weighted by Gasteiger charge is -2.44. The number of rotatable bonds is 3. The maximum Gasteiger partial charge on any atom is 0.326 e. The molecule has 1 saturated heterocycles. The predicted octanol–water partition coefficient (Wildman–Crippen LogP) is 2.13. The minimum absolute atomic E-state index is 0.0207. The van der Waals surface area contributed by atoms with Gasteiger partial charge in [0.05, 0.1) is 0 Å². The summed E-state index contributed by atoms with van der Waals surface area (Å²) in [5.41, 5.74) is -0.340. The van der Waals surface area contributed by atoms with Crippen LogP contribution in [-0.4, -0.2) is 34.5 Å². The van der Waals surface area contributed by atoms with Crippen molar-refractivity contribution in [2.24, 2.45) is 11.3 Å². The molecule has 4 heteroatoms. The SMILES string of the molecule is CCC(C)C(=O)N1CCCC(C)(C)C1C(=O)O. The van der Waals surface area contributed by atoms with E-state index in [1.165, 1.54) is 0 Å². The number of amides is 1. The highest BCUT2D eigenvalue weighted by Gasteiger charge is 2.44. The third-order valence-electron chi connectivity index (χ3n) is 3.82. The monoisotopic (exact) mass is 241 g/mol. The van der Waals surface area contributed by atoms with Crippen LogP contribution >= 0.6 is 0 Å². The molecule has 0 aromatic heterocycles. The Kier molecular flexibility index (Phi) is 4.17. The third-order valence-corrected chi connectivity index (χ3v) is 3.82. The van der Waals surface area contributed by atoms with Gasteiger partial charge in [-0.2, -0.15) is 0 Å². The van der Waals surface area contributed by atoms with Crippen LogP contribution in [-0.2, 0) is 9.59 Å². The van der Waals surface area contributed by atoms with Crippen LogP contribution in [0.2, 0.25) is 0 Å². The lowest BCUT2D eigenvalue weighted by molar-refractivity contribution is -0.160. The zero-order chi connectivity index (χ0) is 13.2. The molecule has 1 amide bonds. The standard InChI is InChI=1S/C13H23NO3/c1-5-9(2)11(15)14-8-6-7-13(3,4)10(14)12(16)17/h9-10H,5-8H2,1-4H3,(H,16,17). The number of carboxylic acid groups (broad SMARTS) is 1. The van der Waals surface area contributed by atoms with E-state index in [-0.39, 0.29) is 17.2 Å². The molecule has 1 fully saturated rings. The Morgan fingerprint density at radius 2 is 2.06 bits per heavy atom. The molecular formula is C13H23NO3. The fourth-order valence-electron chi connectivity index (χ4n) is 2.56. The van der Waals surface area contributed by atoms with E-state index >= 15 is 0 Å². The van der Waals surface area contributed by atoms with Crippen LogP contribution in [0.3, 0.4) is 0 Å². The predicted molar refractivity (Wildman–Crippen MR) is 65.6 cm³/mol. The zero-order valence-electron chi connectivity index (χ0n) is 11.2. The van der Waals surface area contributed by atoms with Crippen molar-refractivity contribution in [2.75, 3.05) is 6.54 Å². The van der Waals surface area contributed by atoms with Gasteiger partial charge >= 0.3 is 5.97 Å². The maximum absolute atomic E-state index is 12.2. The fourth-order valence-corrected chi connectivity index (χ4v) is 2.56. The van der Waals surface area contributed by atoms with E-state index in [2.05, 4.69) is 0 Å². The van der Waals surface area contributed by atoms with E-state index in [4.69, 9.17) is 0 Å². The summed E-state index contributed by atoms with van der Waals surface area (Å²) in [5.74, 6) is -0.996. The molecule has 17 heavy (non-hydrogen) atoms. The van der Waals surface area contributed by atoms with E-state index in [9.17, 15) is 14.7 Å². The Morgan fingerprint density at radius 3 is 2.53 bits per heavy atom. The van der Waals surface area contributed by atoms with Crippen LogP contribution in [0.15, 0.2) is 0 Å². The zero-order valence-corrected chi connectivity index (χ0v) is 11.2. The van der Waals surface area contributed by atoms with Gasteiger partial charge < -0.3 is 10.0 Å².